The third kappa shape index (κ3) is 3.98. The number of unbranched alkanes of at least 4 members (excludes halogenated alkanes) is 1. The third-order valence-electron chi connectivity index (χ3n) is 6.53. The van der Waals surface area contributed by atoms with E-state index in [1.54, 1.807) is 15.3 Å². The summed E-state index contributed by atoms with van der Waals surface area (Å²) in [6.45, 7) is 4.52. The van der Waals surface area contributed by atoms with Crippen molar-refractivity contribution in [3.63, 3.8) is 0 Å². The Balaban J connectivity index is 1.44. The Labute approximate surface area is 196 Å². The molecule has 4 aromatic rings. The molecule has 0 saturated heterocycles. The van der Waals surface area contributed by atoms with Crippen LogP contribution < -0.4 is 5.69 Å². The molecule has 2 atom stereocenters. The number of aromatic amines is 1. The number of hydrogen-bond acceptors (Lipinski definition) is 6. The number of rotatable bonds is 8. The van der Waals surface area contributed by atoms with Gasteiger partial charge in [-0.05, 0) is 35.6 Å². The molecule has 1 fully saturated rings. The fraction of sp³-hybridized carbons (Fsp3) is 0.360. The Morgan fingerprint density at radius 2 is 1.94 bits per heavy atom. The first kappa shape index (κ1) is 21.9. The van der Waals surface area contributed by atoms with Gasteiger partial charge >= 0.3 is 5.69 Å². The number of carbonyl (C=O) groups is 1. The summed E-state index contributed by atoms with van der Waals surface area (Å²) in [7, 11) is 0. The average Bonchev–Trinajstić information content (AvgIpc) is 3.48. The number of H-pyrrole nitrogens is 1. The van der Waals surface area contributed by atoms with E-state index in [4.69, 9.17) is 0 Å². The lowest BCUT2D eigenvalue weighted by Crippen LogP contribution is -2.42. The van der Waals surface area contributed by atoms with Gasteiger partial charge in [0.05, 0.1) is 18.3 Å². The van der Waals surface area contributed by atoms with Crippen molar-refractivity contribution in [2.24, 2.45) is 5.92 Å². The first-order valence-electron chi connectivity index (χ1n) is 11.7. The molecule has 0 aliphatic heterocycles. The molecule has 9 heteroatoms. The number of imidazole rings is 1. The van der Waals surface area contributed by atoms with E-state index in [9.17, 15) is 9.59 Å². The standard InChI is InChI=1S/C25H27N7O2/c1-3-4-7-19-15-32(23-16(2)12-22(23)33)25(34)31(19)14-18-11-10-17(13-26-18)20-8-5-6-9-21(20)24-27-29-30-28-24/h5-6,8-11,13,15-16,23H,3-4,7,12,14H2,1-2H3,(H,27,28,29,30). The molecule has 9 nitrogen and oxygen atoms in total. The van der Waals surface area contributed by atoms with Gasteiger partial charge in [-0.15, -0.1) is 10.2 Å². The lowest BCUT2D eigenvalue weighted by atomic mass is 9.79. The van der Waals surface area contributed by atoms with E-state index in [2.05, 4.69) is 32.5 Å². The Bertz CT molecular complexity index is 1350. The Hall–Kier alpha value is -3.88. The van der Waals surface area contributed by atoms with Gasteiger partial charge in [-0.25, -0.2) is 4.79 Å². The molecule has 1 aliphatic carbocycles. The number of carbonyl (C=O) groups excluding carboxylic acids is 1. The highest BCUT2D eigenvalue weighted by atomic mass is 16.2. The van der Waals surface area contributed by atoms with Gasteiger partial charge in [-0.1, -0.05) is 50.6 Å². The maximum atomic E-state index is 13.3. The zero-order chi connectivity index (χ0) is 23.7. The highest BCUT2D eigenvalue weighted by Gasteiger charge is 2.39. The van der Waals surface area contributed by atoms with Crippen molar-refractivity contribution in [1.82, 2.24) is 34.7 Å². The second kappa shape index (κ2) is 9.17. The number of pyridine rings is 1. The zero-order valence-electron chi connectivity index (χ0n) is 19.3. The molecule has 1 N–H and O–H groups in total. The van der Waals surface area contributed by atoms with Crippen LogP contribution in [-0.4, -0.2) is 40.5 Å². The van der Waals surface area contributed by atoms with Gasteiger partial charge in [0.15, 0.2) is 5.78 Å². The van der Waals surface area contributed by atoms with Crippen molar-refractivity contribution < 1.29 is 4.79 Å². The largest absolute Gasteiger partial charge is 0.329 e. The van der Waals surface area contributed by atoms with Crippen molar-refractivity contribution in [2.45, 2.75) is 52.1 Å². The molecule has 1 saturated carbocycles. The Morgan fingerprint density at radius 1 is 1.12 bits per heavy atom. The van der Waals surface area contributed by atoms with Gasteiger partial charge in [0.2, 0.25) is 5.82 Å². The number of benzene rings is 1. The molecule has 0 amide bonds. The summed E-state index contributed by atoms with van der Waals surface area (Å²) < 4.78 is 3.40. The van der Waals surface area contributed by atoms with E-state index in [1.807, 2.05) is 49.5 Å². The summed E-state index contributed by atoms with van der Waals surface area (Å²) in [6.07, 6.45) is 7.04. The lowest BCUT2D eigenvalue weighted by Gasteiger charge is -2.32. The number of aromatic nitrogens is 7. The van der Waals surface area contributed by atoms with Crippen molar-refractivity contribution in [3.8, 4) is 22.5 Å². The van der Waals surface area contributed by atoms with Crippen molar-refractivity contribution in [1.29, 1.82) is 0 Å². The van der Waals surface area contributed by atoms with Crippen molar-refractivity contribution >= 4 is 5.78 Å². The fourth-order valence-corrected chi connectivity index (χ4v) is 4.65. The summed E-state index contributed by atoms with van der Waals surface area (Å²) in [5.41, 5.74) is 4.34. The van der Waals surface area contributed by atoms with Crippen LogP contribution in [-0.2, 0) is 17.8 Å². The molecule has 0 radical (unpaired) electrons. The monoisotopic (exact) mass is 457 g/mol. The van der Waals surface area contributed by atoms with E-state index >= 15 is 0 Å². The quantitative estimate of drug-likeness (QED) is 0.434. The number of Topliss-reactive ketones (excluding diaryl/α,β-unsaturated/α-hetero) is 1. The van der Waals surface area contributed by atoms with Crippen LogP contribution in [0.25, 0.3) is 22.5 Å². The molecule has 1 aliphatic rings. The average molecular weight is 458 g/mol. The number of aryl methyl sites for hydroxylation is 1. The minimum Gasteiger partial charge on any atom is -0.297 e. The minimum atomic E-state index is -0.342. The van der Waals surface area contributed by atoms with Gasteiger partial charge in [0.25, 0.3) is 0 Å². The summed E-state index contributed by atoms with van der Waals surface area (Å²) >= 11 is 0. The number of ketones is 1. The second-order valence-corrected chi connectivity index (χ2v) is 8.91. The number of nitrogens with one attached hydrogen (secondary N) is 1. The predicted octanol–water partition coefficient (Wildman–Crippen LogP) is 3.43. The smallest absolute Gasteiger partial charge is 0.297 e. The minimum absolute atomic E-state index is 0.135. The second-order valence-electron chi connectivity index (χ2n) is 8.91. The van der Waals surface area contributed by atoms with Gasteiger partial charge in [0.1, 0.15) is 0 Å². The van der Waals surface area contributed by atoms with Crippen LogP contribution in [0.4, 0.5) is 0 Å². The van der Waals surface area contributed by atoms with Crippen LogP contribution in [0.5, 0.6) is 0 Å². The predicted molar refractivity (Wildman–Crippen MR) is 127 cm³/mol. The third-order valence-corrected chi connectivity index (χ3v) is 6.53. The molecular formula is C25H27N7O2. The first-order chi connectivity index (χ1) is 16.6. The molecular weight excluding hydrogens is 430 g/mol. The molecule has 3 aromatic heterocycles. The normalized spacial score (nSPS) is 17.6. The van der Waals surface area contributed by atoms with Crippen LogP contribution in [0.2, 0.25) is 0 Å². The Morgan fingerprint density at radius 3 is 2.59 bits per heavy atom. The van der Waals surface area contributed by atoms with Crippen LogP contribution in [0, 0.1) is 5.92 Å². The van der Waals surface area contributed by atoms with E-state index in [1.165, 1.54) is 0 Å². The van der Waals surface area contributed by atoms with Crippen LogP contribution in [0.3, 0.4) is 0 Å². The first-order valence-corrected chi connectivity index (χ1v) is 11.7. The van der Waals surface area contributed by atoms with E-state index in [-0.39, 0.29) is 23.4 Å². The van der Waals surface area contributed by atoms with Crippen LogP contribution in [0.1, 0.15) is 50.5 Å². The topological polar surface area (TPSA) is 111 Å². The van der Waals surface area contributed by atoms with Gasteiger partial charge in [0, 0.05) is 35.6 Å². The molecule has 3 heterocycles. The fourth-order valence-electron chi connectivity index (χ4n) is 4.65. The number of hydrogen-bond donors (Lipinski definition) is 1. The summed E-state index contributed by atoms with van der Waals surface area (Å²) in [5.74, 6) is 0.848. The summed E-state index contributed by atoms with van der Waals surface area (Å²) in [6, 6.07) is 11.4. The molecule has 1 aromatic carbocycles. The molecule has 0 spiro atoms. The lowest BCUT2D eigenvalue weighted by molar-refractivity contribution is -0.132. The SMILES string of the molecule is CCCCc1cn(C2C(=O)CC2C)c(=O)n1Cc1ccc(-c2ccccc2-c2nn[nH]n2)cn1. The highest BCUT2D eigenvalue weighted by molar-refractivity contribution is 5.89. The molecule has 2 unspecified atom stereocenters. The number of tetrazole rings is 1. The summed E-state index contributed by atoms with van der Waals surface area (Å²) in [5, 5.41) is 14.3. The maximum absolute atomic E-state index is 13.3. The van der Waals surface area contributed by atoms with Crippen molar-refractivity contribution in [2.75, 3.05) is 0 Å². The van der Waals surface area contributed by atoms with E-state index < -0.39 is 0 Å². The van der Waals surface area contributed by atoms with Gasteiger partial charge in [-0.3, -0.25) is 18.9 Å². The van der Waals surface area contributed by atoms with Crippen molar-refractivity contribution in [3.05, 3.63) is 70.7 Å². The van der Waals surface area contributed by atoms with Crippen LogP contribution >= 0.6 is 0 Å². The Kier molecular flexibility index (Phi) is 5.91. The maximum Gasteiger partial charge on any atom is 0.329 e. The van der Waals surface area contributed by atoms with E-state index in [0.717, 1.165) is 47.3 Å². The molecule has 0 bridgehead atoms. The number of nitrogens with zero attached hydrogens (tertiary/aromatic N) is 6. The van der Waals surface area contributed by atoms with Crippen LogP contribution in [0.15, 0.2) is 53.6 Å². The van der Waals surface area contributed by atoms with Gasteiger partial charge in [-0.2, -0.15) is 5.21 Å². The zero-order valence-corrected chi connectivity index (χ0v) is 19.3. The summed E-state index contributed by atoms with van der Waals surface area (Å²) in [4.78, 5) is 30.1. The highest BCUT2D eigenvalue weighted by Crippen LogP contribution is 2.34. The molecule has 34 heavy (non-hydrogen) atoms. The molecule has 5 rings (SSSR count). The van der Waals surface area contributed by atoms with Gasteiger partial charge < -0.3 is 0 Å². The molecule has 174 valence electrons. The van der Waals surface area contributed by atoms with E-state index in [0.29, 0.717) is 18.8 Å².